The number of thiazole rings is 1. The van der Waals surface area contributed by atoms with Crippen molar-refractivity contribution in [1.82, 2.24) is 9.47 Å². The Hall–Kier alpha value is -2.89. The summed E-state index contributed by atoms with van der Waals surface area (Å²) in [6.45, 7) is 5.44. The summed E-state index contributed by atoms with van der Waals surface area (Å²) in [5, 5.41) is 21.5. The number of carboxylic acids is 1. The summed E-state index contributed by atoms with van der Waals surface area (Å²) in [5.41, 5.74) is 1.36. The van der Waals surface area contributed by atoms with Gasteiger partial charge in [-0.2, -0.15) is 5.26 Å². The van der Waals surface area contributed by atoms with Crippen LogP contribution >= 0.6 is 11.3 Å². The van der Waals surface area contributed by atoms with Crippen LogP contribution in [0.1, 0.15) is 25.3 Å². The number of anilines is 1. The molecule has 1 saturated heterocycles. The average molecular weight is 413 g/mol. The highest BCUT2D eigenvalue weighted by molar-refractivity contribution is 7.07. The summed E-state index contributed by atoms with van der Waals surface area (Å²) < 4.78 is 1.84. The van der Waals surface area contributed by atoms with Crippen molar-refractivity contribution in [1.29, 1.82) is 5.26 Å². The number of nitrogens with zero attached hydrogens (tertiary/aromatic N) is 3. The van der Waals surface area contributed by atoms with E-state index in [1.807, 2.05) is 12.1 Å². The molecule has 0 atom stereocenters. The maximum atomic E-state index is 12.6. The van der Waals surface area contributed by atoms with Gasteiger partial charge < -0.3 is 15.3 Å². The minimum absolute atomic E-state index is 0.167. The lowest BCUT2D eigenvalue weighted by Crippen LogP contribution is -2.32. The van der Waals surface area contributed by atoms with Gasteiger partial charge in [-0.3, -0.25) is 9.36 Å². The summed E-state index contributed by atoms with van der Waals surface area (Å²) in [7, 11) is 0. The Morgan fingerprint density at radius 1 is 1.38 bits per heavy atom. The van der Waals surface area contributed by atoms with Crippen LogP contribution in [0.5, 0.6) is 0 Å². The molecular formula is C21H24N4O3S. The molecule has 0 saturated carbocycles. The van der Waals surface area contributed by atoms with Crippen molar-refractivity contribution in [2.45, 2.75) is 32.7 Å². The first-order chi connectivity index (χ1) is 14.0. The molecule has 0 amide bonds. The number of hydrogen-bond donors (Lipinski definition) is 2. The molecule has 0 spiro atoms. The number of nitrogens with one attached hydrogen (secondary N) is 1. The molecule has 2 N–H and O–H groups in total. The molecular weight excluding hydrogens is 388 g/mol. The van der Waals surface area contributed by atoms with Gasteiger partial charge >= 0.3 is 5.97 Å². The van der Waals surface area contributed by atoms with Crippen molar-refractivity contribution in [2.75, 3.05) is 25.0 Å². The van der Waals surface area contributed by atoms with Crippen LogP contribution in [0.4, 0.5) is 5.69 Å². The van der Waals surface area contributed by atoms with Crippen LogP contribution in [0.3, 0.4) is 0 Å². The smallest absolute Gasteiger partial charge is 0.349 e. The van der Waals surface area contributed by atoms with Gasteiger partial charge in [-0.15, -0.1) is 11.3 Å². The topological polar surface area (TPSA) is 98.4 Å². The van der Waals surface area contributed by atoms with Crippen LogP contribution in [0.15, 0.2) is 29.1 Å². The van der Waals surface area contributed by atoms with Crippen molar-refractivity contribution >= 4 is 34.8 Å². The molecule has 0 aliphatic carbocycles. The molecule has 1 aliphatic heterocycles. The molecule has 1 fully saturated rings. The highest BCUT2D eigenvalue weighted by atomic mass is 32.1. The first kappa shape index (κ1) is 20.8. The monoisotopic (exact) mass is 412 g/mol. The van der Waals surface area contributed by atoms with Crippen molar-refractivity contribution in [3.05, 3.63) is 49.4 Å². The number of carboxylic acid groups (broad SMARTS) is 1. The van der Waals surface area contributed by atoms with Gasteiger partial charge in [0.1, 0.15) is 15.3 Å². The van der Waals surface area contributed by atoms with E-state index in [2.05, 4.69) is 22.3 Å². The van der Waals surface area contributed by atoms with Crippen molar-refractivity contribution in [3.63, 3.8) is 0 Å². The molecule has 0 unspecified atom stereocenters. The highest BCUT2D eigenvalue weighted by Crippen LogP contribution is 2.13. The quantitative estimate of drug-likeness (QED) is 0.709. The van der Waals surface area contributed by atoms with E-state index in [4.69, 9.17) is 5.26 Å². The molecule has 0 radical (unpaired) electrons. The zero-order valence-corrected chi connectivity index (χ0v) is 17.2. The molecule has 2 aromatic rings. The third-order valence-electron chi connectivity index (χ3n) is 4.98. The van der Waals surface area contributed by atoms with Gasteiger partial charge in [0.2, 0.25) is 0 Å². The minimum atomic E-state index is -1.33. The van der Waals surface area contributed by atoms with Crippen LogP contribution in [0, 0.1) is 11.3 Å². The first-order valence-electron chi connectivity index (χ1n) is 9.69. The zero-order chi connectivity index (χ0) is 20.8. The molecule has 7 nitrogen and oxygen atoms in total. The maximum Gasteiger partial charge on any atom is 0.349 e. The van der Waals surface area contributed by atoms with E-state index in [1.54, 1.807) is 19.2 Å². The molecule has 1 aromatic heterocycles. The van der Waals surface area contributed by atoms with Gasteiger partial charge in [-0.25, -0.2) is 4.79 Å². The van der Waals surface area contributed by atoms with E-state index >= 15 is 0 Å². The summed E-state index contributed by atoms with van der Waals surface area (Å²) in [6, 6.07) is 9.73. The van der Waals surface area contributed by atoms with E-state index in [-0.39, 0.29) is 10.2 Å². The summed E-state index contributed by atoms with van der Waals surface area (Å²) in [4.78, 5) is 26.3. The largest absolute Gasteiger partial charge is 0.477 e. The Kier molecular flexibility index (Phi) is 6.86. The maximum absolute atomic E-state index is 12.6. The summed E-state index contributed by atoms with van der Waals surface area (Å²) in [5.74, 6) is -1.33. The lowest BCUT2D eigenvalue weighted by molar-refractivity contribution is -0.130. The van der Waals surface area contributed by atoms with Gasteiger partial charge in [0.15, 0.2) is 5.57 Å². The van der Waals surface area contributed by atoms with Gasteiger partial charge in [-0.05, 0) is 57.0 Å². The summed E-state index contributed by atoms with van der Waals surface area (Å²) >= 11 is 1.01. The minimum Gasteiger partial charge on any atom is -0.477 e. The van der Waals surface area contributed by atoms with E-state index < -0.39 is 11.5 Å². The number of likely N-dealkylation sites (tertiary alicyclic amines) is 1. The predicted octanol–water partition coefficient (Wildman–Crippen LogP) is 1.18. The molecule has 1 aromatic carbocycles. The third kappa shape index (κ3) is 4.94. The Morgan fingerprint density at radius 3 is 2.79 bits per heavy atom. The third-order valence-corrected chi connectivity index (χ3v) is 6.11. The second kappa shape index (κ2) is 9.54. The second-order valence-electron chi connectivity index (χ2n) is 6.90. The van der Waals surface area contributed by atoms with Crippen molar-refractivity contribution in [2.24, 2.45) is 0 Å². The lowest BCUT2D eigenvalue weighted by atomic mass is 10.1. The van der Waals surface area contributed by atoms with E-state index in [9.17, 15) is 14.7 Å². The lowest BCUT2D eigenvalue weighted by Gasteiger charge is -2.14. The summed E-state index contributed by atoms with van der Waals surface area (Å²) in [6.07, 6.45) is 5.11. The molecule has 0 bridgehead atoms. The number of aromatic nitrogens is 1. The highest BCUT2D eigenvalue weighted by Gasteiger charge is 2.14. The average Bonchev–Trinajstić information content (AvgIpc) is 3.33. The number of rotatable bonds is 7. The fourth-order valence-corrected chi connectivity index (χ4v) is 4.52. The number of nitriles is 1. The van der Waals surface area contributed by atoms with Crippen molar-refractivity contribution < 1.29 is 9.90 Å². The number of carbonyl (C=O) groups is 1. The van der Waals surface area contributed by atoms with E-state index in [1.165, 1.54) is 36.1 Å². The Morgan fingerprint density at radius 2 is 2.14 bits per heavy atom. The Balaban J connectivity index is 1.84. The van der Waals surface area contributed by atoms with Gasteiger partial charge in [-0.1, -0.05) is 12.1 Å². The Labute approximate surface area is 172 Å². The van der Waals surface area contributed by atoms with Gasteiger partial charge in [0.25, 0.3) is 5.56 Å². The molecule has 1 aliphatic rings. The molecule has 29 heavy (non-hydrogen) atoms. The molecule has 152 valence electrons. The molecule has 8 heteroatoms. The fraction of sp³-hybridized carbons (Fsp3) is 0.381. The van der Waals surface area contributed by atoms with Crippen LogP contribution in [-0.2, 0) is 17.8 Å². The predicted molar refractivity (Wildman–Crippen MR) is 114 cm³/mol. The van der Waals surface area contributed by atoms with Crippen LogP contribution in [-0.4, -0.2) is 40.2 Å². The van der Waals surface area contributed by atoms with Crippen LogP contribution in [0.25, 0.3) is 11.8 Å². The van der Waals surface area contributed by atoms with Crippen molar-refractivity contribution in [3.8, 4) is 6.07 Å². The number of hydrogen-bond acceptors (Lipinski definition) is 6. The first-order valence-corrected chi connectivity index (χ1v) is 10.5. The second-order valence-corrected chi connectivity index (χ2v) is 7.93. The van der Waals surface area contributed by atoms with Crippen LogP contribution in [0.2, 0.25) is 0 Å². The number of aliphatic carboxylic acids is 1. The SMILES string of the molecule is CCn1c(=C(C#N)C(=O)O)sc(=CNc2cccc(CCN3CCCC3)c2)c1=O. The Bertz CT molecular complexity index is 1100. The van der Waals surface area contributed by atoms with E-state index in [0.29, 0.717) is 11.1 Å². The van der Waals surface area contributed by atoms with E-state index in [0.717, 1.165) is 30.0 Å². The zero-order valence-electron chi connectivity index (χ0n) is 16.4. The number of benzene rings is 1. The normalized spacial score (nSPS) is 15.9. The fourth-order valence-electron chi connectivity index (χ4n) is 3.44. The van der Waals surface area contributed by atoms with Gasteiger partial charge in [0, 0.05) is 25.0 Å². The van der Waals surface area contributed by atoms with Gasteiger partial charge in [0.05, 0.1) is 0 Å². The van der Waals surface area contributed by atoms with Crippen LogP contribution < -0.4 is 20.1 Å². The standard InChI is InChI=1S/C21H24N4O3S/c1-2-25-19(26)18(29-20(25)17(13-22)21(27)28)14-23-16-7-5-6-15(12-16)8-11-24-9-3-4-10-24/h5-7,12,14,23H,2-4,8-11H2,1H3,(H,27,28). The molecule has 2 heterocycles. The molecule has 3 rings (SSSR count).